The fourth-order valence-corrected chi connectivity index (χ4v) is 1.98. The Balaban J connectivity index is 2.84. The number of nitrogens with zero attached hydrogens (tertiary/aromatic N) is 2. The van der Waals surface area contributed by atoms with Crippen LogP contribution in [-0.4, -0.2) is 33.6 Å². The molecule has 1 unspecified atom stereocenters. The molecule has 0 radical (unpaired) electrons. The molecule has 1 aromatic heterocycles. The van der Waals surface area contributed by atoms with Gasteiger partial charge in [0, 0.05) is 11.8 Å². The van der Waals surface area contributed by atoms with E-state index in [-0.39, 0.29) is 5.69 Å². The minimum atomic E-state index is -0.449. The van der Waals surface area contributed by atoms with Gasteiger partial charge in [-0.1, -0.05) is 6.92 Å². The van der Waals surface area contributed by atoms with E-state index in [1.54, 1.807) is 6.92 Å². The second-order valence-electron chi connectivity index (χ2n) is 4.10. The van der Waals surface area contributed by atoms with Crippen LogP contribution >= 0.6 is 11.8 Å². The molecule has 1 atom stereocenters. The summed E-state index contributed by atoms with van der Waals surface area (Å²) in [5.74, 6) is 0.706. The molecular formula is C12H21N3O2S. The summed E-state index contributed by atoms with van der Waals surface area (Å²) in [5.41, 5.74) is 6.18. The van der Waals surface area contributed by atoms with Crippen LogP contribution in [0, 0.1) is 6.92 Å². The van der Waals surface area contributed by atoms with Crippen LogP contribution in [0.25, 0.3) is 0 Å². The third kappa shape index (κ3) is 3.41. The third-order valence-corrected chi connectivity index (χ3v) is 3.87. The molecule has 0 aliphatic carbocycles. The number of rotatable bonds is 6. The zero-order valence-corrected chi connectivity index (χ0v) is 12.2. The Kier molecular flexibility index (Phi) is 5.53. The maximum absolute atomic E-state index is 11.6. The molecule has 0 bridgehead atoms. The number of thioether (sulfide) groups is 1. The number of carbonyl (C=O) groups excluding carboxylic acids is 1. The van der Waals surface area contributed by atoms with Gasteiger partial charge in [0.15, 0.2) is 5.69 Å². The largest absolute Gasteiger partial charge is 0.461 e. The molecular weight excluding hydrogens is 250 g/mol. The molecule has 1 rings (SSSR count). The number of nitrogens with two attached hydrogens (primary N) is 1. The van der Waals surface area contributed by atoms with Crippen LogP contribution in [0.5, 0.6) is 0 Å². The van der Waals surface area contributed by atoms with E-state index in [2.05, 4.69) is 18.2 Å². The van der Waals surface area contributed by atoms with Gasteiger partial charge < -0.3 is 15.0 Å². The van der Waals surface area contributed by atoms with Crippen LogP contribution < -0.4 is 5.73 Å². The van der Waals surface area contributed by atoms with Crippen molar-refractivity contribution in [1.29, 1.82) is 0 Å². The van der Waals surface area contributed by atoms with Crippen molar-refractivity contribution in [2.75, 3.05) is 18.6 Å². The number of nitrogen functional groups attached to an aromatic ring is 1. The number of ether oxygens (including phenoxy) is 1. The van der Waals surface area contributed by atoms with Gasteiger partial charge in [-0.05, 0) is 26.5 Å². The summed E-state index contributed by atoms with van der Waals surface area (Å²) in [6.45, 7) is 6.88. The van der Waals surface area contributed by atoms with Crippen molar-refractivity contribution in [2.24, 2.45) is 0 Å². The second kappa shape index (κ2) is 6.68. The lowest BCUT2D eigenvalue weighted by atomic mass is 10.3. The van der Waals surface area contributed by atoms with E-state index in [0.29, 0.717) is 17.7 Å². The molecule has 0 spiro atoms. The lowest BCUT2D eigenvalue weighted by Crippen LogP contribution is -2.11. The average molecular weight is 271 g/mol. The quantitative estimate of drug-likeness (QED) is 0.802. The van der Waals surface area contributed by atoms with Gasteiger partial charge in [-0.15, -0.1) is 0 Å². The van der Waals surface area contributed by atoms with Crippen molar-refractivity contribution in [3.63, 3.8) is 0 Å². The standard InChI is InChI=1S/C12H21N3O2S/c1-5-17-12(16)10-11(13)15(9(3)14-10)7-6-8(2)18-4/h8H,5-7,13H2,1-4H3. The lowest BCUT2D eigenvalue weighted by Gasteiger charge is -2.11. The van der Waals surface area contributed by atoms with Gasteiger partial charge in [-0.25, -0.2) is 9.78 Å². The summed E-state index contributed by atoms with van der Waals surface area (Å²) in [4.78, 5) is 15.8. The molecule has 102 valence electrons. The molecule has 0 saturated carbocycles. The number of carbonyl (C=O) groups is 1. The zero-order valence-electron chi connectivity index (χ0n) is 11.4. The molecule has 0 aliphatic rings. The Morgan fingerprint density at radius 1 is 1.61 bits per heavy atom. The van der Waals surface area contributed by atoms with Crippen LogP contribution in [0.3, 0.4) is 0 Å². The van der Waals surface area contributed by atoms with Crippen LogP contribution in [0.2, 0.25) is 0 Å². The Morgan fingerprint density at radius 2 is 2.28 bits per heavy atom. The maximum Gasteiger partial charge on any atom is 0.360 e. The molecule has 0 aliphatic heterocycles. The van der Waals surface area contributed by atoms with Gasteiger partial charge in [0.05, 0.1) is 6.61 Å². The fraction of sp³-hybridized carbons (Fsp3) is 0.667. The number of esters is 1. The average Bonchev–Trinajstić information content (AvgIpc) is 2.62. The monoisotopic (exact) mass is 271 g/mol. The first-order valence-corrected chi connectivity index (χ1v) is 7.32. The van der Waals surface area contributed by atoms with Crippen LogP contribution in [0.1, 0.15) is 36.6 Å². The van der Waals surface area contributed by atoms with Crippen molar-refractivity contribution in [3.05, 3.63) is 11.5 Å². The number of anilines is 1. The van der Waals surface area contributed by atoms with E-state index in [1.807, 2.05) is 23.3 Å². The normalized spacial score (nSPS) is 12.4. The van der Waals surface area contributed by atoms with Gasteiger partial charge in [0.2, 0.25) is 0 Å². The van der Waals surface area contributed by atoms with Crippen molar-refractivity contribution < 1.29 is 9.53 Å². The molecule has 1 heterocycles. The highest BCUT2D eigenvalue weighted by Gasteiger charge is 2.19. The van der Waals surface area contributed by atoms with Crippen LogP contribution in [-0.2, 0) is 11.3 Å². The Hall–Kier alpha value is -1.17. The van der Waals surface area contributed by atoms with Crippen LogP contribution in [0.15, 0.2) is 0 Å². The number of aryl methyl sites for hydroxylation is 1. The van der Waals surface area contributed by atoms with E-state index in [9.17, 15) is 4.79 Å². The highest BCUT2D eigenvalue weighted by Crippen LogP contribution is 2.18. The molecule has 1 aromatic rings. The molecule has 0 saturated heterocycles. The summed E-state index contributed by atoms with van der Waals surface area (Å²) >= 11 is 1.81. The minimum absolute atomic E-state index is 0.228. The van der Waals surface area contributed by atoms with Crippen molar-refractivity contribution in [3.8, 4) is 0 Å². The molecule has 0 amide bonds. The van der Waals surface area contributed by atoms with E-state index in [0.717, 1.165) is 18.8 Å². The molecule has 2 N–H and O–H groups in total. The van der Waals surface area contributed by atoms with Gasteiger partial charge in [0.1, 0.15) is 11.6 Å². The highest BCUT2D eigenvalue weighted by molar-refractivity contribution is 7.99. The Labute approximate surface area is 112 Å². The smallest absolute Gasteiger partial charge is 0.360 e. The van der Waals surface area contributed by atoms with Gasteiger partial charge in [-0.3, -0.25) is 0 Å². The van der Waals surface area contributed by atoms with Gasteiger partial charge in [-0.2, -0.15) is 11.8 Å². The lowest BCUT2D eigenvalue weighted by molar-refractivity contribution is 0.0521. The second-order valence-corrected chi connectivity index (χ2v) is 5.38. The van der Waals surface area contributed by atoms with E-state index in [1.165, 1.54) is 0 Å². The summed E-state index contributed by atoms with van der Waals surface area (Å²) in [6.07, 6.45) is 3.07. The van der Waals surface area contributed by atoms with Gasteiger partial charge >= 0.3 is 5.97 Å². The highest BCUT2D eigenvalue weighted by atomic mass is 32.2. The van der Waals surface area contributed by atoms with Crippen molar-refractivity contribution in [1.82, 2.24) is 9.55 Å². The van der Waals surface area contributed by atoms with Crippen molar-refractivity contribution >= 4 is 23.5 Å². The first-order valence-electron chi connectivity index (χ1n) is 6.03. The van der Waals surface area contributed by atoms with E-state index in [4.69, 9.17) is 10.5 Å². The molecule has 0 aromatic carbocycles. The predicted molar refractivity (Wildman–Crippen MR) is 74.9 cm³/mol. The molecule has 6 heteroatoms. The number of hydrogen-bond acceptors (Lipinski definition) is 5. The van der Waals surface area contributed by atoms with Crippen LogP contribution in [0.4, 0.5) is 5.82 Å². The Morgan fingerprint density at radius 3 is 2.83 bits per heavy atom. The van der Waals surface area contributed by atoms with E-state index < -0.39 is 5.97 Å². The zero-order chi connectivity index (χ0) is 13.7. The first kappa shape index (κ1) is 14.9. The topological polar surface area (TPSA) is 70.1 Å². The molecule has 18 heavy (non-hydrogen) atoms. The third-order valence-electron chi connectivity index (χ3n) is 2.83. The summed E-state index contributed by atoms with van der Waals surface area (Å²) in [5, 5.41) is 0.553. The van der Waals surface area contributed by atoms with E-state index >= 15 is 0 Å². The molecule has 0 fully saturated rings. The summed E-state index contributed by atoms with van der Waals surface area (Å²) in [6, 6.07) is 0. The molecule has 5 nitrogen and oxygen atoms in total. The minimum Gasteiger partial charge on any atom is -0.461 e. The van der Waals surface area contributed by atoms with Crippen molar-refractivity contribution in [2.45, 2.75) is 39.0 Å². The SMILES string of the molecule is CCOC(=O)c1nc(C)n(CCC(C)SC)c1N. The Bertz CT molecular complexity index is 418. The summed E-state index contributed by atoms with van der Waals surface area (Å²) in [7, 11) is 0. The predicted octanol–water partition coefficient (Wildman–Crippen LogP) is 2.09. The number of imidazole rings is 1. The first-order chi connectivity index (χ1) is 8.51. The number of hydrogen-bond donors (Lipinski definition) is 1. The summed E-state index contributed by atoms with van der Waals surface area (Å²) < 4.78 is 6.80. The maximum atomic E-state index is 11.6. The van der Waals surface area contributed by atoms with Gasteiger partial charge in [0.25, 0.3) is 0 Å². The number of aromatic nitrogens is 2. The fourth-order valence-electron chi connectivity index (χ4n) is 1.64.